The SMILES string of the molecule is O=C(Cc1ccc2c(c1)CCCC2)N1CC[C@@]2(CCCO2)C(=O)C1. The maximum Gasteiger partial charge on any atom is 0.227 e. The molecule has 1 spiro atoms. The van der Waals surface area contributed by atoms with Crippen molar-refractivity contribution in [3.05, 3.63) is 34.9 Å². The van der Waals surface area contributed by atoms with Crippen LogP contribution >= 0.6 is 0 Å². The van der Waals surface area contributed by atoms with Crippen molar-refractivity contribution in [1.82, 2.24) is 4.90 Å². The van der Waals surface area contributed by atoms with Crippen LogP contribution in [-0.2, 0) is 33.6 Å². The smallest absolute Gasteiger partial charge is 0.227 e. The van der Waals surface area contributed by atoms with Crippen molar-refractivity contribution >= 4 is 11.7 Å². The molecule has 3 aliphatic rings. The largest absolute Gasteiger partial charge is 0.367 e. The molecule has 0 radical (unpaired) electrons. The van der Waals surface area contributed by atoms with Gasteiger partial charge in [0.2, 0.25) is 5.91 Å². The molecular formula is C20H25NO3. The number of hydrogen-bond acceptors (Lipinski definition) is 3. The number of Topliss-reactive ketones (excluding diaryl/α,β-unsaturated/α-hetero) is 1. The maximum absolute atomic E-state index is 12.6. The Bertz CT molecular complexity index is 661. The number of ether oxygens (including phenoxy) is 1. The normalized spacial score (nSPS) is 26.7. The molecule has 4 nitrogen and oxygen atoms in total. The zero-order valence-electron chi connectivity index (χ0n) is 14.2. The number of rotatable bonds is 2. The standard InChI is InChI=1S/C20H25NO3/c22-18-14-21(10-9-20(18)8-3-11-24-20)19(23)13-15-6-7-16-4-1-2-5-17(16)12-15/h6-7,12H,1-5,8-11,13-14H2/t20-/m0/s1. The van der Waals surface area contributed by atoms with Gasteiger partial charge in [0.05, 0.1) is 13.0 Å². The van der Waals surface area contributed by atoms with Crippen LogP contribution in [0.2, 0.25) is 0 Å². The molecule has 0 bridgehead atoms. The van der Waals surface area contributed by atoms with Crippen molar-refractivity contribution < 1.29 is 14.3 Å². The highest BCUT2D eigenvalue weighted by atomic mass is 16.5. The van der Waals surface area contributed by atoms with Gasteiger partial charge in [-0.1, -0.05) is 18.2 Å². The van der Waals surface area contributed by atoms with Crippen LogP contribution in [0.3, 0.4) is 0 Å². The third-order valence-electron chi connectivity index (χ3n) is 5.85. The number of fused-ring (bicyclic) bond motifs is 1. The van der Waals surface area contributed by atoms with Gasteiger partial charge in [-0.2, -0.15) is 0 Å². The van der Waals surface area contributed by atoms with Gasteiger partial charge >= 0.3 is 0 Å². The highest BCUT2D eigenvalue weighted by Crippen LogP contribution is 2.33. The first-order valence-corrected chi connectivity index (χ1v) is 9.22. The summed E-state index contributed by atoms with van der Waals surface area (Å²) in [4.78, 5) is 26.8. The Kier molecular flexibility index (Phi) is 4.17. The molecule has 4 rings (SSSR count). The van der Waals surface area contributed by atoms with Gasteiger partial charge in [0.25, 0.3) is 0 Å². The minimum Gasteiger partial charge on any atom is -0.367 e. The first-order valence-electron chi connectivity index (χ1n) is 9.22. The molecule has 24 heavy (non-hydrogen) atoms. The van der Waals surface area contributed by atoms with Gasteiger partial charge in [0.1, 0.15) is 5.60 Å². The van der Waals surface area contributed by atoms with Gasteiger partial charge in [0, 0.05) is 19.6 Å². The number of aryl methyl sites for hydroxylation is 2. The number of carbonyl (C=O) groups excluding carboxylic acids is 2. The lowest BCUT2D eigenvalue weighted by atomic mass is 9.87. The molecule has 0 unspecified atom stereocenters. The Morgan fingerprint density at radius 1 is 1.12 bits per heavy atom. The summed E-state index contributed by atoms with van der Waals surface area (Å²) in [6, 6.07) is 6.45. The Hall–Kier alpha value is -1.68. The molecule has 1 amide bonds. The molecule has 4 heteroatoms. The molecule has 128 valence electrons. The van der Waals surface area contributed by atoms with Gasteiger partial charge in [0.15, 0.2) is 5.78 Å². The molecule has 2 fully saturated rings. The Labute approximate surface area is 143 Å². The first-order chi connectivity index (χ1) is 11.7. The summed E-state index contributed by atoms with van der Waals surface area (Å²) in [5, 5.41) is 0. The molecule has 0 aromatic heterocycles. The van der Waals surface area contributed by atoms with E-state index in [0.29, 0.717) is 26.0 Å². The number of carbonyl (C=O) groups is 2. The molecule has 2 aliphatic heterocycles. The predicted molar refractivity (Wildman–Crippen MR) is 90.9 cm³/mol. The van der Waals surface area contributed by atoms with E-state index in [9.17, 15) is 9.59 Å². The number of nitrogens with zero attached hydrogens (tertiary/aromatic N) is 1. The topological polar surface area (TPSA) is 46.6 Å². The molecule has 2 heterocycles. The Morgan fingerprint density at radius 3 is 2.71 bits per heavy atom. The average Bonchev–Trinajstić information content (AvgIpc) is 3.07. The molecule has 1 aromatic rings. The minimum atomic E-state index is -0.581. The molecular weight excluding hydrogens is 302 g/mol. The monoisotopic (exact) mass is 327 g/mol. The number of piperidine rings is 1. The van der Waals surface area contributed by atoms with E-state index in [2.05, 4.69) is 18.2 Å². The highest BCUT2D eigenvalue weighted by Gasteiger charge is 2.46. The molecule has 0 saturated carbocycles. The van der Waals surface area contributed by atoms with Crippen LogP contribution in [0, 0.1) is 0 Å². The second-order valence-corrected chi connectivity index (χ2v) is 7.42. The van der Waals surface area contributed by atoms with Crippen molar-refractivity contribution in [3.63, 3.8) is 0 Å². The first kappa shape index (κ1) is 15.8. The number of likely N-dealkylation sites (tertiary alicyclic amines) is 1. The van der Waals surface area contributed by atoms with Gasteiger partial charge in [-0.05, 0) is 55.2 Å². The van der Waals surface area contributed by atoms with Crippen LogP contribution in [0.15, 0.2) is 18.2 Å². The van der Waals surface area contributed by atoms with Gasteiger partial charge in [-0.15, -0.1) is 0 Å². The zero-order chi connectivity index (χ0) is 16.6. The van der Waals surface area contributed by atoms with E-state index >= 15 is 0 Å². The number of amides is 1. The quantitative estimate of drug-likeness (QED) is 0.838. The molecule has 0 N–H and O–H groups in total. The fourth-order valence-electron chi connectivity index (χ4n) is 4.36. The van der Waals surface area contributed by atoms with Crippen LogP contribution in [0.5, 0.6) is 0 Å². The summed E-state index contributed by atoms with van der Waals surface area (Å²) in [6.07, 6.45) is 7.62. The number of hydrogen-bond donors (Lipinski definition) is 0. The highest BCUT2D eigenvalue weighted by molar-refractivity contribution is 5.94. The fraction of sp³-hybridized carbons (Fsp3) is 0.600. The van der Waals surface area contributed by atoms with Crippen LogP contribution in [0.4, 0.5) is 0 Å². The Balaban J connectivity index is 1.41. The van der Waals surface area contributed by atoms with Crippen LogP contribution < -0.4 is 0 Å². The fourth-order valence-corrected chi connectivity index (χ4v) is 4.36. The van der Waals surface area contributed by atoms with Crippen molar-refractivity contribution in [2.45, 2.75) is 57.0 Å². The zero-order valence-corrected chi connectivity index (χ0v) is 14.2. The average molecular weight is 327 g/mol. The summed E-state index contributed by atoms with van der Waals surface area (Å²) in [6.45, 7) is 1.52. The second-order valence-electron chi connectivity index (χ2n) is 7.42. The van der Waals surface area contributed by atoms with E-state index < -0.39 is 5.60 Å². The van der Waals surface area contributed by atoms with Crippen LogP contribution in [0.1, 0.15) is 48.8 Å². The van der Waals surface area contributed by atoms with Crippen LogP contribution in [-0.4, -0.2) is 41.9 Å². The Morgan fingerprint density at radius 2 is 1.96 bits per heavy atom. The van der Waals surface area contributed by atoms with Crippen molar-refractivity contribution in [1.29, 1.82) is 0 Å². The lowest BCUT2D eigenvalue weighted by molar-refractivity contribution is -0.152. The minimum absolute atomic E-state index is 0.0620. The van der Waals surface area contributed by atoms with E-state index in [1.165, 1.54) is 24.0 Å². The van der Waals surface area contributed by atoms with Crippen molar-refractivity contribution in [2.24, 2.45) is 0 Å². The lowest BCUT2D eigenvalue weighted by Gasteiger charge is -2.37. The molecule has 1 atom stereocenters. The van der Waals surface area contributed by atoms with Crippen LogP contribution in [0.25, 0.3) is 0 Å². The summed E-state index contributed by atoms with van der Waals surface area (Å²) in [5.41, 5.74) is 3.33. The number of benzene rings is 1. The van der Waals surface area contributed by atoms with Crippen molar-refractivity contribution in [2.75, 3.05) is 19.7 Å². The second kappa shape index (κ2) is 6.32. The van der Waals surface area contributed by atoms with E-state index in [-0.39, 0.29) is 18.2 Å². The summed E-state index contributed by atoms with van der Waals surface area (Å²) >= 11 is 0. The van der Waals surface area contributed by atoms with E-state index in [0.717, 1.165) is 31.2 Å². The molecule has 1 aliphatic carbocycles. The van der Waals surface area contributed by atoms with Crippen molar-refractivity contribution in [3.8, 4) is 0 Å². The third kappa shape index (κ3) is 2.88. The maximum atomic E-state index is 12.6. The summed E-state index contributed by atoms with van der Waals surface area (Å²) in [5.74, 6) is 0.150. The van der Waals surface area contributed by atoms with Gasteiger partial charge in [-0.3, -0.25) is 9.59 Å². The lowest BCUT2D eigenvalue weighted by Crippen LogP contribution is -2.54. The predicted octanol–water partition coefficient (Wildman–Crippen LogP) is 2.46. The summed E-state index contributed by atoms with van der Waals surface area (Å²) in [7, 11) is 0. The van der Waals surface area contributed by atoms with Gasteiger partial charge < -0.3 is 9.64 Å². The molecule has 2 saturated heterocycles. The van der Waals surface area contributed by atoms with E-state index in [4.69, 9.17) is 4.74 Å². The third-order valence-corrected chi connectivity index (χ3v) is 5.85. The van der Waals surface area contributed by atoms with E-state index in [1.54, 1.807) is 4.90 Å². The number of ketones is 1. The molecule has 1 aromatic carbocycles. The van der Waals surface area contributed by atoms with E-state index in [1.807, 2.05) is 0 Å². The summed E-state index contributed by atoms with van der Waals surface area (Å²) < 4.78 is 5.71. The van der Waals surface area contributed by atoms with Gasteiger partial charge in [-0.25, -0.2) is 0 Å².